The molecule has 0 radical (unpaired) electrons. The van der Waals surface area contributed by atoms with Crippen LogP contribution in [-0.4, -0.2) is 25.2 Å². The molecular formula is C12H13BrN4O2S. The Kier molecular flexibility index (Phi) is 3.53. The zero-order valence-corrected chi connectivity index (χ0v) is 12.9. The van der Waals surface area contributed by atoms with Crippen molar-refractivity contribution in [3.05, 3.63) is 40.0 Å². The van der Waals surface area contributed by atoms with Crippen LogP contribution in [-0.2, 0) is 23.0 Å². The molecule has 1 aliphatic rings. The maximum Gasteiger partial charge on any atom is 0.263 e. The Labute approximate surface area is 125 Å². The van der Waals surface area contributed by atoms with Gasteiger partial charge in [-0.15, -0.1) is 0 Å². The molecule has 3 N–H and O–H groups in total. The van der Waals surface area contributed by atoms with Gasteiger partial charge in [0, 0.05) is 16.6 Å². The van der Waals surface area contributed by atoms with Gasteiger partial charge in [-0.3, -0.25) is 9.82 Å². The predicted molar refractivity (Wildman–Crippen MR) is 78.9 cm³/mol. The van der Waals surface area contributed by atoms with Gasteiger partial charge in [-0.05, 0) is 37.2 Å². The standard InChI is InChI=1S/C12H13BrN4O2S/c13-8-1-3-9(4-2-8)20(18,19)17-12-10-5-6-14-7-11(10)15-16-12/h1-4,14H,5-7H2,(H2,15,16,17). The molecule has 2 aromatic rings. The summed E-state index contributed by atoms with van der Waals surface area (Å²) >= 11 is 3.28. The van der Waals surface area contributed by atoms with E-state index in [1.807, 2.05) is 0 Å². The molecule has 6 nitrogen and oxygen atoms in total. The molecule has 106 valence electrons. The van der Waals surface area contributed by atoms with Crippen LogP contribution in [0.2, 0.25) is 0 Å². The summed E-state index contributed by atoms with van der Waals surface area (Å²) in [5.74, 6) is 0.393. The van der Waals surface area contributed by atoms with Crippen molar-refractivity contribution in [3.8, 4) is 0 Å². The van der Waals surface area contributed by atoms with Crippen molar-refractivity contribution in [2.24, 2.45) is 0 Å². The molecule has 0 spiro atoms. The molecule has 2 heterocycles. The average Bonchev–Trinajstić information content (AvgIpc) is 2.82. The minimum absolute atomic E-state index is 0.214. The van der Waals surface area contributed by atoms with E-state index in [4.69, 9.17) is 0 Å². The highest BCUT2D eigenvalue weighted by Gasteiger charge is 2.21. The molecule has 0 atom stereocenters. The summed E-state index contributed by atoms with van der Waals surface area (Å²) in [4.78, 5) is 0.214. The summed E-state index contributed by atoms with van der Waals surface area (Å²) in [5.41, 5.74) is 1.87. The van der Waals surface area contributed by atoms with Crippen LogP contribution in [0.15, 0.2) is 33.6 Å². The molecule has 0 fully saturated rings. The third kappa shape index (κ3) is 2.58. The van der Waals surface area contributed by atoms with E-state index in [-0.39, 0.29) is 4.90 Å². The van der Waals surface area contributed by atoms with Crippen molar-refractivity contribution in [1.82, 2.24) is 15.5 Å². The number of rotatable bonds is 3. The topological polar surface area (TPSA) is 86.9 Å². The molecule has 0 saturated carbocycles. The molecule has 3 rings (SSSR count). The van der Waals surface area contributed by atoms with Crippen molar-refractivity contribution in [2.45, 2.75) is 17.9 Å². The summed E-state index contributed by atoms with van der Waals surface area (Å²) in [7, 11) is -3.61. The zero-order valence-electron chi connectivity index (χ0n) is 10.5. The van der Waals surface area contributed by atoms with Gasteiger partial charge in [-0.25, -0.2) is 8.42 Å². The monoisotopic (exact) mass is 356 g/mol. The van der Waals surface area contributed by atoms with Gasteiger partial charge in [0.1, 0.15) is 0 Å². The fourth-order valence-corrected chi connectivity index (χ4v) is 3.43. The molecule has 0 saturated heterocycles. The van der Waals surface area contributed by atoms with Gasteiger partial charge < -0.3 is 5.32 Å². The fourth-order valence-electron chi connectivity index (χ4n) is 2.13. The maximum atomic E-state index is 12.3. The number of anilines is 1. The van der Waals surface area contributed by atoms with Crippen molar-refractivity contribution >= 4 is 31.8 Å². The molecule has 0 aliphatic carbocycles. The maximum absolute atomic E-state index is 12.3. The van der Waals surface area contributed by atoms with E-state index in [2.05, 4.69) is 36.2 Å². The normalized spacial score (nSPS) is 14.8. The Morgan fingerprint density at radius 2 is 2.00 bits per heavy atom. The number of nitrogens with one attached hydrogen (secondary N) is 3. The van der Waals surface area contributed by atoms with Gasteiger partial charge in [-0.2, -0.15) is 5.10 Å². The summed E-state index contributed by atoms with van der Waals surface area (Å²) in [6.45, 7) is 1.50. The second-order valence-electron chi connectivity index (χ2n) is 4.52. The smallest absolute Gasteiger partial charge is 0.263 e. The minimum atomic E-state index is -3.61. The number of sulfonamides is 1. The van der Waals surface area contributed by atoms with Gasteiger partial charge in [0.15, 0.2) is 5.82 Å². The molecule has 1 aromatic heterocycles. The van der Waals surface area contributed by atoms with Crippen molar-refractivity contribution in [1.29, 1.82) is 0 Å². The van der Waals surface area contributed by atoms with E-state index >= 15 is 0 Å². The van der Waals surface area contributed by atoms with Gasteiger partial charge in [0.25, 0.3) is 10.0 Å². The van der Waals surface area contributed by atoms with Crippen molar-refractivity contribution in [3.63, 3.8) is 0 Å². The summed E-state index contributed by atoms with van der Waals surface area (Å²) in [5, 5.41) is 10.1. The number of benzene rings is 1. The molecule has 0 amide bonds. The molecule has 0 bridgehead atoms. The van der Waals surface area contributed by atoms with E-state index in [1.54, 1.807) is 24.3 Å². The van der Waals surface area contributed by atoms with E-state index in [9.17, 15) is 8.42 Å². The van der Waals surface area contributed by atoms with Crippen molar-refractivity contribution in [2.75, 3.05) is 11.3 Å². The Bertz CT molecular complexity index is 724. The lowest BCUT2D eigenvalue weighted by Gasteiger charge is -2.13. The fraction of sp³-hybridized carbons (Fsp3) is 0.250. The Morgan fingerprint density at radius 1 is 1.25 bits per heavy atom. The number of hydrogen-bond acceptors (Lipinski definition) is 4. The van der Waals surface area contributed by atoms with Crippen LogP contribution in [0.3, 0.4) is 0 Å². The number of hydrogen-bond donors (Lipinski definition) is 3. The molecule has 1 aromatic carbocycles. The van der Waals surface area contributed by atoms with Crippen LogP contribution in [0.1, 0.15) is 11.3 Å². The lowest BCUT2D eigenvalue weighted by Crippen LogP contribution is -2.24. The largest absolute Gasteiger partial charge is 0.311 e. The first-order chi connectivity index (χ1) is 9.56. The highest BCUT2D eigenvalue weighted by Crippen LogP contribution is 2.23. The third-order valence-corrected chi connectivity index (χ3v) is 5.04. The highest BCUT2D eigenvalue weighted by molar-refractivity contribution is 9.10. The second-order valence-corrected chi connectivity index (χ2v) is 7.11. The number of fused-ring (bicyclic) bond motifs is 1. The Morgan fingerprint density at radius 3 is 2.75 bits per heavy atom. The van der Waals surface area contributed by atoms with Gasteiger partial charge >= 0.3 is 0 Å². The first-order valence-corrected chi connectivity index (χ1v) is 8.39. The van der Waals surface area contributed by atoms with Crippen LogP contribution in [0.4, 0.5) is 5.82 Å². The van der Waals surface area contributed by atoms with E-state index < -0.39 is 10.0 Å². The summed E-state index contributed by atoms with van der Waals surface area (Å²) in [6.07, 6.45) is 0.754. The van der Waals surface area contributed by atoms with Crippen LogP contribution < -0.4 is 10.0 Å². The van der Waals surface area contributed by atoms with Crippen molar-refractivity contribution < 1.29 is 8.42 Å². The van der Waals surface area contributed by atoms with Gasteiger partial charge in [0.2, 0.25) is 0 Å². The number of halogens is 1. The molecule has 8 heteroatoms. The van der Waals surface area contributed by atoms with Crippen LogP contribution in [0.25, 0.3) is 0 Å². The first kappa shape index (κ1) is 13.6. The van der Waals surface area contributed by atoms with E-state index in [1.165, 1.54) is 0 Å². The number of aromatic nitrogens is 2. The predicted octanol–water partition coefficient (Wildman–Crippen LogP) is 1.62. The molecule has 20 heavy (non-hydrogen) atoms. The summed E-state index contributed by atoms with van der Waals surface area (Å²) < 4.78 is 28.0. The third-order valence-electron chi connectivity index (χ3n) is 3.16. The van der Waals surface area contributed by atoms with Crippen LogP contribution >= 0.6 is 15.9 Å². The second kappa shape index (κ2) is 5.19. The van der Waals surface area contributed by atoms with Gasteiger partial charge in [-0.1, -0.05) is 15.9 Å². The number of H-pyrrole nitrogens is 1. The van der Waals surface area contributed by atoms with E-state index in [0.29, 0.717) is 12.4 Å². The van der Waals surface area contributed by atoms with Crippen LogP contribution in [0.5, 0.6) is 0 Å². The SMILES string of the molecule is O=S(=O)(Nc1n[nH]c2c1CCNC2)c1ccc(Br)cc1. The first-order valence-electron chi connectivity index (χ1n) is 6.11. The summed E-state index contributed by atoms with van der Waals surface area (Å²) in [6, 6.07) is 6.48. The number of nitrogens with zero attached hydrogens (tertiary/aromatic N) is 1. The lowest BCUT2D eigenvalue weighted by molar-refractivity contribution is 0.600. The molecular weight excluding hydrogens is 344 g/mol. The molecule has 0 unspecified atom stereocenters. The Hall–Kier alpha value is -1.38. The zero-order chi connectivity index (χ0) is 14.2. The number of aromatic amines is 1. The molecule has 1 aliphatic heterocycles. The lowest BCUT2D eigenvalue weighted by atomic mass is 10.1. The average molecular weight is 357 g/mol. The van der Waals surface area contributed by atoms with Gasteiger partial charge in [0.05, 0.1) is 10.6 Å². The quantitative estimate of drug-likeness (QED) is 0.779. The highest BCUT2D eigenvalue weighted by atomic mass is 79.9. The minimum Gasteiger partial charge on any atom is -0.311 e. The van der Waals surface area contributed by atoms with Crippen LogP contribution in [0, 0.1) is 0 Å². The Balaban J connectivity index is 1.90. The van der Waals surface area contributed by atoms with E-state index in [0.717, 1.165) is 28.7 Å².